The number of rotatable bonds is 3. The van der Waals surface area contributed by atoms with Gasteiger partial charge in [-0.25, -0.2) is 0 Å². The number of hydrogen-bond donors (Lipinski definition) is 1. The average molecular weight is 351 g/mol. The summed E-state index contributed by atoms with van der Waals surface area (Å²) in [5, 5.41) is 3.03. The molecular formula is C21H25N3O2. The number of hydrogen-bond acceptors (Lipinski definition) is 4. The minimum absolute atomic E-state index is 0.0864. The third-order valence-corrected chi connectivity index (χ3v) is 5.28. The molecule has 5 nitrogen and oxygen atoms in total. The standard InChI is InChI=1S/C21H25N3O2/c1-15-13-17(24-11-9-23(2)10-12-24)7-8-18(15)22-21(25)20-14-16-5-3-4-6-19(16)26-20/h3-8,13,20H,9-12,14H2,1-2H3,(H,22,25). The maximum atomic E-state index is 12.6. The number of nitrogens with zero attached hydrogens (tertiary/aromatic N) is 2. The van der Waals surface area contributed by atoms with Crippen LogP contribution in [-0.2, 0) is 11.2 Å². The highest BCUT2D eigenvalue weighted by Crippen LogP contribution is 2.29. The second-order valence-corrected chi connectivity index (χ2v) is 7.20. The van der Waals surface area contributed by atoms with Gasteiger partial charge in [0.15, 0.2) is 6.10 Å². The van der Waals surface area contributed by atoms with Crippen LogP contribution in [0.4, 0.5) is 11.4 Å². The molecule has 1 fully saturated rings. The van der Waals surface area contributed by atoms with Crippen LogP contribution in [0.1, 0.15) is 11.1 Å². The number of aryl methyl sites for hydroxylation is 1. The molecule has 0 saturated carbocycles. The number of benzene rings is 2. The van der Waals surface area contributed by atoms with Crippen molar-refractivity contribution in [3.63, 3.8) is 0 Å². The SMILES string of the molecule is Cc1cc(N2CCN(C)CC2)ccc1NC(=O)C1Cc2ccccc2O1. The molecule has 26 heavy (non-hydrogen) atoms. The molecule has 136 valence electrons. The lowest BCUT2D eigenvalue weighted by atomic mass is 10.1. The van der Waals surface area contributed by atoms with Crippen molar-refractivity contribution in [1.82, 2.24) is 4.90 Å². The van der Waals surface area contributed by atoms with Gasteiger partial charge in [-0.15, -0.1) is 0 Å². The van der Waals surface area contributed by atoms with E-state index in [0.717, 1.165) is 48.7 Å². The van der Waals surface area contributed by atoms with Crippen molar-refractivity contribution in [3.8, 4) is 5.75 Å². The normalized spacial score (nSPS) is 19.8. The molecule has 0 aliphatic carbocycles. The number of carbonyl (C=O) groups is 1. The third kappa shape index (κ3) is 3.40. The summed E-state index contributed by atoms with van der Waals surface area (Å²) in [4.78, 5) is 17.3. The van der Waals surface area contributed by atoms with Gasteiger partial charge in [-0.05, 0) is 49.4 Å². The van der Waals surface area contributed by atoms with Crippen LogP contribution in [0.5, 0.6) is 5.75 Å². The van der Waals surface area contributed by atoms with Gasteiger partial charge >= 0.3 is 0 Å². The number of fused-ring (bicyclic) bond motifs is 1. The molecule has 0 bridgehead atoms. The lowest BCUT2D eigenvalue weighted by Crippen LogP contribution is -2.44. The van der Waals surface area contributed by atoms with Crippen molar-refractivity contribution >= 4 is 17.3 Å². The van der Waals surface area contributed by atoms with Crippen LogP contribution in [-0.4, -0.2) is 50.1 Å². The van der Waals surface area contributed by atoms with Crippen LogP contribution < -0.4 is 15.0 Å². The summed E-state index contributed by atoms with van der Waals surface area (Å²) in [6.45, 7) is 6.28. The maximum Gasteiger partial charge on any atom is 0.265 e. The molecule has 2 aromatic rings. The van der Waals surface area contributed by atoms with Crippen LogP contribution in [0.15, 0.2) is 42.5 Å². The molecule has 0 aromatic heterocycles. The number of likely N-dealkylation sites (N-methyl/N-ethyl adjacent to an activating group) is 1. The Labute approximate surface area is 154 Å². The number of anilines is 2. The first-order chi connectivity index (χ1) is 12.6. The minimum atomic E-state index is -0.455. The smallest absolute Gasteiger partial charge is 0.265 e. The van der Waals surface area contributed by atoms with Crippen molar-refractivity contribution in [3.05, 3.63) is 53.6 Å². The molecule has 5 heteroatoms. The van der Waals surface area contributed by atoms with E-state index in [9.17, 15) is 4.79 Å². The average Bonchev–Trinajstić information content (AvgIpc) is 3.08. The Bertz CT molecular complexity index is 788. The Balaban J connectivity index is 1.41. The number of piperazine rings is 1. The molecule has 2 aliphatic rings. The van der Waals surface area contributed by atoms with Crippen molar-refractivity contribution in [2.75, 3.05) is 43.4 Å². The predicted molar refractivity (Wildman–Crippen MR) is 104 cm³/mol. The summed E-state index contributed by atoms with van der Waals surface area (Å²) < 4.78 is 5.78. The first kappa shape index (κ1) is 16.9. The lowest BCUT2D eigenvalue weighted by molar-refractivity contribution is -0.122. The largest absolute Gasteiger partial charge is 0.480 e. The summed E-state index contributed by atoms with van der Waals surface area (Å²) in [6.07, 6.45) is 0.171. The van der Waals surface area contributed by atoms with Crippen molar-refractivity contribution in [2.24, 2.45) is 0 Å². The number of carbonyl (C=O) groups excluding carboxylic acids is 1. The topological polar surface area (TPSA) is 44.8 Å². The van der Waals surface area contributed by atoms with Crippen LogP contribution in [0.25, 0.3) is 0 Å². The van der Waals surface area contributed by atoms with E-state index in [1.54, 1.807) is 0 Å². The lowest BCUT2D eigenvalue weighted by Gasteiger charge is -2.34. The van der Waals surface area contributed by atoms with Crippen molar-refractivity contribution in [2.45, 2.75) is 19.4 Å². The van der Waals surface area contributed by atoms with Crippen LogP contribution in [0.3, 0.4) is 0 Å². The van der Waals surface area contributed by atoms with Crippen LogP contribution in [0.2, 0.25) is 0 Å². The second-order valence-electron chi connectivity index (χ2n) is 7.20. The zero-order valence-electron chi connectivity index (χ0n) is 15.4. The summed E-state index contributed by atoms with van der Waals surface area (Å²) in [7, 11) is 2.16. The van der Waals surface area contributed by atoms with Gasteiger partial charge in [0.1, 0.15) is 5.75 Å². The van der Waals surface area contributed by atoms with Crippen molar-refractivity contribution < 1.29 is 9.53 Å². The van der Waals surface area contributed by atoms with Gasteiger partial charge in [-0.3, -0.25) is 4.79 Å². The molecule has 1 saturated heterocycles. The highest BCUT2D eigenvalue weighted by atomic mass is 16.5. The fourth-order valence-electron chi connectivity index (χ4n) is 3.59. The van der Waals surface area contributed by atoms with Gasteiger partial charge in [-0.1, -0.05) is 18.2 Å². The first-order valence-electron chi connectivity index (χ1n) is 9.20. The molecule has 0 radical (unpaired) electrons. The third-order valence-electron chi connectivity index (χ3n) is 5.28. The van der Waals surface area contributed by atoms with Gasteiger partial charge in [0.05, 0.1) is 0 Å². The molecule has 1 atom stereocenters. The quantitative estimate of drug-likeness (QED) is 0.923. The van der Waals surface area contributed by atoms with Crippen molar-refractivity contribution in [1.29, 1.82) is 0 Å². The highest BCUT2D eigenvalue weighted by molar-refractivity contribution is 5.96. The van der Waals surface area contributed by atoms with E-state index in [-0.39, 0.29) is 5.91 Å². The zero-order chi connectivity index (χ0) is 18.1. The molecule has 2 aromatic carbocycles. The summed E-state index contributed by atoms with van der Waals surface area (Å²) >= 11 is 0. The second kappa shape index (κ2) is 7.00. The Kier molecular flexibility index (Phi) is 4.55. The molecule has 1 unspecified atom stereocenters. The molecular weight excluding hydrogens is 326 g/mol. The van der Waals surface area contributed by atoms with E-state index >= 15 is 0 Å². The molecule has 1 N–H and O–H groups in total. The van der Waals surface area contributed by atoms with Gasteiger partial charge in [0.25, 0.3) is 5.91 Å². The van der Waals surface area contributed by atoms with Gasteiger partial charge in [-0.2, -0.15) is 0 Å². The van der Waals surface area contributed by atoms with Gasteiger partial charge in [0.2, 0.25) is 0 Å². The number of nitrogens with one attached hydrogen (secondary N) is 1. The summed E-state index contributed by atoms with van der Waals surface area (Å²) in [5.74, 6) is 0.728. The number of amides is 1. The monoisotopic (exact) mass is 351 g/mol. The minimum Gasteiger partial charge on any atom is -0.480 e. The van der Waals surface area contributed by atoms with Crippen LogP contribution in [0, 0.1) is 6.92 Å². The van der Waals surface area contributed by atoms with E-state index < -0.39 is 6.10 Å². The Morgan fingerprint density at radius 2 is 1.88 bits per heavy atom. The summed E-state index contributed by atoms with van der Waals surface area (Å²) in [6, 6.07) is 14.1. The van der Waals surface area contributed by atoms with E-state index in [2.05, 4.69) is 34.3 Å². The van der Waals surface area contributed by atoms with Gasteiger partial charge < -0.3 is 19.9 Å². The maximum absolute atomic E-state index is 12.6. The first-order valence-corrected chi connectivity index (χ1v) is 9.20. The highest BCUT2D eigenvalue weighted by Gasteiger charge is 2.29. The number of ether oxygens (including phenoxy) is 1. The fraction of sp³-hybridized carbons (Fsp3) is 0.381. The molecule has 1 amide bonds. The Hall–Kier alpha value is -2.53. The van der Waals surface area contributed by atoms with E-state index in [1.165, 1.54) is 5.69 Å². The molecule has 0 spiro atoms. The Morgan fingerprint density at radius 1 is 1.12 bits per heavy atom. The molecule has 2 aliphatic heterocycles. The van der Waals surface area contributed by atoms with E-state index in [1.807, 2.05) is 37.3 Å². The predicted octanol–water partition coefficient (Wildman–Crippen LogP) is 2.69. The fourth-order valence-corrected chi connectivity index (χ4v) is 3.59. The van der Waals surface area contributed by atoms with E-state index in [4.69, 9.17) is 4.74 Å². The summed E-state index contributed by atoms with van der Waals surface area (Å²) in [5.41, 5.74) is 4.24. The molecule has 2 heterocycles. The van der Waals surface area contributed by atoms with E-state index in [0.29, 0.717) is 6.42 Å². The molecule has 4 rings (SSSR count). The van der Waals surface area contributed by atoms with Crippen LogP contribution >= 0.6 is 0 Å². The van der Waals surface area contributed by atoms with Gasteiger partial charge in [0, 0.05) is 44.0 Å². The zero-order valence-corrected chi connectivity index (χ0v) is 15.4. The number of para-hydroxylation sites is 1. The Morgan fingerprint density at radius 3 is 2.62 bits per heavy atom.